The number of sulfone groups is 1. The lowest BCUT2D eigenvalue weighted by Crippen LogP contribution is -2.33. The molecule has 1 saturated heterocycles. The molecular weight excluding hydrogens is 318 g/mol. The minimum atomic E-state index is -2.89. The van der Waals surface area contributed by atoms with Crippen molar-refractivity contribution in [1.29, 1.82) is 0 Å². The van der Waals surface area contributed by atoms with Gasteiger partial charge in [-0.3, -0.25) is 0 Å². The van der Waals surface area contributed by atoms with Gasteiger partial charge >= 0.3 is 0 Å². The average molecular weight is 334 g/mol. The molecule has 1 aliphatic heterocycles. The van der Waals surface area contributed by atoms with E-state index in [-0.39, 0.29) is 24.2 Å². The molecule has 0 bridgehead atoms. The van der Waals surface area contributed by atoms with Gasteiger partial charge in [-0.1, -0.05) is 22.0 Å². The zero-order valence-corrected chi connectivity index (χ0v) is 12.5. The van der Waals surface area contributed by atoms with E-state index in [0.717, 1.165) is 15.7 Å². The van der Waals surface area contributed by atoms with Crippen molar-refractivity contribution >= 4 is 31.5 Å². The maximum absolute atomic E-state index is 11.5. The van der Waals surface area contributed by atoms with Crippen LogP contribution in [0.15, 0.2) is 22.7 Å². The maximum atomic E-state index is 11.5. The summed E-state index contributed by atoms with van der Waals surface area (Å²) < 4.78 is 23.9. The van der Waals surface area contributed by atoms with Crippen LogP contribution in [0.2, 0.25) is 0 Å². The van der Waals surface area contributed by atoms with Gasteiger partial charge in [0.05, 0.1) is 18.1 Å². The number of benzene rings is 1. The van der Waals surface area contributed by atoms with Crippen molar-refractivity contribution in [3.05, 3.63) is 28.2 Å². The largest absolute Gasteiger partial charge is 0.392 e. The van der Waals surface area contributed by atoms with Crippen molar-refractivity contribution in [2.24, 2.45) is 0 Å². The third-order valence-corrected chi connectivity index (χ3v) is 5.60. The van der Waals surface area contributed by atoms with Gasteiger partial charge in [0.2, 0.25) is 0 Å². The fourth-order valence-corrected chi connectivity index (χ4v) is 4.40. The van der Waals surface area contributed by atoms with Crippen molar-refractivity contribution in [3.8, 4) is 0 Å². The van der Waals surface area contributed by atoms with Crippen LogP contribution in [0.1, 0.15) is 12.0 Å². The van der Waals surface area contributed by atoms with Gasteiger partial charge in [-0.25, -0.2) is 8.42 Å². The van der Waals surface area contributed by atoms with Gasteiger partial charge in [-0.15, -0.1) is 0 Å². The van der Waals surface area contributed by atoms with Crippen LogP contribution in [0.25, 0.3) is 0 Å². The quantitative estimate of drug-likeness (QED) is 0.912. The fraction of sp³-hybridized carbons (Fsp3) is 0.500. The number of hydrogen-bond acceptors (Lipinski definition) is 4. The summed E-state index contributed by atoms with van der Waals surface area (Å²) >= 11 is 3.40. The molecule has 2 rings (SSSR count). The molecule has 0 saturated carbocycles. The van der Waals surface area contributed by atoms with Gasteiger partial charge in [0.15, 0.2) is 9.84 Å². The number of aliphatic hydroxyl groups is 1. The van der Waals surface area contributed by atoms with E-state index in [4.69, 9.17) is 0 Å². The van der Waals surface area contributed by atoms with Gasteiger partial charge in [0, 0.05) is 28.8 Å². The SMILES string of the molecule is CN(c1cc(Br)ccc1CO)C1CCS(=O)(=O)C1. The first-order valence-corrected chi connectivity index (χ1v) is 8.37. The van der Waals surface area contributed by atoms with Crippen LogP contribution in [0.3, 0.4) is 0 Å². The normalized spacial score (nSPS) is 22.1. The summed E-state index contributed by atoms with van der Waals surface area (Å²) in [5, 5.41) is 9.34. The van der Waals surface area contributed by atoms with E-state index in [2.05, 4.69) is 15.9 Å². The molecule has 4 nitrogen and oxygen atoms in total. The number of aliphatic hydroxyl groups excluding tert-OH is 1. The molecule has 1 unspecified atom stereocenters. The first-order chi connectivity index (χ1) is 8.43. The van der Waals surface area contributed by atoms with Gasteiger partial charge in [-0.2, -0.15) is 0 Å². The summed E-state index contributed by atoms with van der Waals surface area (Å²) in [6, 6.07) is 5.62. The molecule has 18 heavy (non-hydrogen) atoms. The van der Waals surface area contributed by atoms with Crippen molar-refractivity contribution in [2.45, 2.75) is 19.1 Å². The second kappa shape index (κ2) is 5.19. The monoisotopic (exact) mass is 333 g/mol. The van der Waals surface area contributed by atoms with Crippen molar-refractivity contribution in [3.63, 3.8) is 0 Å². The zero-order valence-electron chi connectivity index (χ0n) is 10.1. The number of halogens is 1. The molecule has 1 atom stereocenters. The van der Waals surface area contributed by atoms with E-state index in [1.54, 1.807) is 0 Å². The lowest BCUT2D eigenvalue weighted by molar-refractivity contribution is 0.282. The van der Waals surface area contributed by atoms with Gasteiger partial charge < -0.3 is 10.0 Å². The summed E-state index contributed by atoms with van der Waals surface area (Å²) in [5.74, 6) is 0.450. The highest BCUT2D eigenvalue weighted by molar-refractivity contribution is 9.10. The highest BCUT2D eigenvalue weighted by Gasteiger charge is 2.31. The molecule has 0 amide bonds. The number of hydrogen-bond donors (Lipinski definition) is 1. The summed E-state index contributed by atoms with van der Waals surface area (Å²) in [6.07, 6.45) is 0.649. The van der Waals surface area contributed by atoms with Crippen LogP contribution in [0, 0.1) is 0 Å². The smallest absolute Gasteiger partial charge is 0.152 e. The molecule has 1 fully saturated rings. The Morgan fingerprint density at radius 3 is 2.78 bits per heavy atom. The van der Waals surface area contributed by atoms with E-state index < -0.39 is 9.84 Å². The molecule has 0 aromatic heterocycles. The van der Waals surface area contributed by atoms with Crippen LogP contribution in [0.5, 0.6) is 0 Å². The molecule has 1 heterocycles. The number of nitrogens with zero attached hydrogens (tertiary/aromatic N) is 1. The first kappa shape index (κ1) is 13.8. The van der Waals surface area contributed by atoms with Crippen LogP contribution in [-0.4, -0.2) is 38.1 Å². The molecule has 1 N–H and O–H groups in total. The van der Waals surface area contributed by atoms with Crippen molar-refractivity contribution in [2.75, 3.05) is 23.5 Å². The van der Waals surface area contributed by atoms with E-state index in [1.807, 2.05) is 30.1 Å². The Balaban J connectivity index is 2.28. The molecule has 100 valence electrons. The van der Waals surface area contributed by atoms with E-state index in [9.17, 15) is 13.5 Å². The van der Waals surface area contributed by atoms with E-state index in [0.29, 0.717) is 6.42 Å². The van der Waals surface area contributed by atoms with Crippen molar-refractivity contribution in [1.82, 2.24) is 0 Å². The highest BCUT2D eigenvalue weighted by Crippen LogP contribution is 2.29. The van der Waals surface area contributed by atoms with Gasteiger partial charge in [0.25, 0.3) is 0 Å². The van der Waals surface area contributed by atoms with Crippen LogP contribution < -0.4 is 4.90 Å². The minimum absolute atomic E-state index is 0.00500. The Bertz CT molecular complexity index is 544. The Morgan fingerprint density at radius 2 is 2.22 bits per heavy atom. The molecule has 1 aliphatic rings. The minimum Gasteiger partial charge on any atom is -0.392 e. The predicted molar refractivity (Wildman–Crippen MR) is 75.5 cm³/mol. The molecule has 1 aromatic carbocycles. The molecule has 0 radical (unpaired) electrons. The van der Waals surface area contributed by atoms with Crippen molar-refractivity contribution < 1.29 is 13.5 Å². The predicted octanol–water partition coefficient (Wildman–Crippen LogP) is 1.56. The lowest BCUT2D eigenvalue weighted by Gasteiger charge is -2.27. The van der Waals surface area contributed by atoms with E-state index in [1.165, 1.54) is 0 Å². The molecule has 1 aromatic rings. The summed E-state index contributed by atoms with van der Waals surface area (Å²) in [7, 11) is -1.01. The standard InChI is InChI=1S/C12H16BrNO3S/c1-14(11-4-5-18(16,17)8-11)12-6-10(13)3-2-9(12)7-15/h2-3,6,11,15H,4-5,7-8H2,1H3. The molecular formula is C12H16BrNO3S. The third-order valence-electron chi connectivity index (χ3n) is 3.35. The summed E-state index contributed by atoms with van der Waals surface area (Å²) in [6.45, 7) is -0.0492. The number of rotatable bonds is 3. The molecule has 0 aliphatic carbocycles. The van der Waals surface area contributed by atoms with E-state index >= 15 is 0 Å². The Kier molecular flexibility index (Phi) is 3.99. The zero-order chi connectivity index (χ0) is 13.3. The topological polar surface area (TPSA) is 57.6 Å². The Hall–Kier alpha value is -0.590. The summed E-state index contributed by atoms with van der Waals surface area (Å²) in [4.78, 5) is 1.96. The average Bonchev–Trinajstić information content (AvgIpc) is 2.68. The maximum Gasteiger partial charge on any atom is 0.152 e. The van der Waals surface area contributed by atoms with Crippen LogP contribution >= 0.6 is 15.9 Å². The molecule has 0 spiro atoms. The highest BCUT2D eigenvalue weighted by atomic mass is 79.9. The Labute approximate surface area is 116 Å². The summed E-state index contributed by atoms with van der Waals surface area (Å²) in [5.41, 5.74) is 1.69. The molecule has 6 heteroatoms. The van der Waals surface area contributed by atoms with Gasteiger partial charge in [0.1, 0.15) is 0 Å². The fourth-order valence-electron chi connectivity index (χ4n) is 2.28. The van der Waals surface area contributed by atoms with Gasteiger partial charge in [-0.05, 0) is 18.6 Å². The Morgan fingerprint density at radius 1 is 1.50 bits per heavy atom. The van der Waals surface area contributed by atoms with Crippen LogP contribution in [-0.2, 0) is 16.4 Å². The third kappa shape index (κ3) is 2.87. The first-order valence-electron chi connectivity index (χ1n) is 5.75. The lowest BCUT2D eigenvalue weighted by atomic mass is 10.1. The second-order valence-electron chi connectivity index (χ2n) is 4.60. The second-order valence-corrected chi connectivity index (χ2v) is 7.74. The number of anilines is 1. The van der Waals surface area contributed by atoms with Crippen LogP contribution in [0.4, 0.5) is 5.69 Å².